The third kappa shape index (κ3) is 3.80. The van der Waals surface area contributed by atoms with Gasteiger partial charge in [-0.25, -0.2) is 4.98 Å². The van der Waals surface area contributed by atoms with Crippen molar-refractivity contribution in [3.05, 3.63) is 61.5 Å². The molecule has 3 rings (SSSR count). The van der Waals surface area contributed by atoms with Gasteiger partial charge in [0.2, 0.25) is 0 Å². The summed E-state index contributed by atoms with van der Waals surface area (Å²) in [7, 11) is 1.62. The summed E-state index contributed by atoms with van der Waals surface area (Å²) in [5.74, 6) is -0.261. The molecule has 140 valence electrons. The first-order valence-corrected chi connectivity index (χ1v) is 8.91. The Hall–Kier alpha value is -3.27. The smallest absolute Gasteiger partial charge is 0.269 e. The topological polar surface area (TPSA) is 119 Å². The van der Waals surface area contributed by atoms with Crippen LogP contribution in [0.2, 0.25) is 0 Å². The van der Waals surface area contributed by atoms with E-state index in [1.54, 1.807) is 26.1 Å². The molecule has 0 saturated heterocycles. The molecule has 3 aromatic rings. The van der Waals surface area contributed by atoms with Gasteiger partial charge in [-0.1, -0.05) is 0 Å². The molecule has 0 saturated carbocycles. The second-order valence-corrected chi connectivity index (χ2v) is 6.88. The lowest BCUT2D eigenvalue weighted by atomic mass is 10.2. The van der Waals surface area contributed by atoms with Crippen LogP contribution in [0.15, 0.2) is 35.4 Å². The number of amides is 1. The van der Waals surface area contributed by atoms with E-state index < -0.39 is 4.92 Å². The van der Waals surface area contributed by atoms with Crippen molar-refractivity contribution in [1.29, 1.82) is 0 Å². The number of nitro benzene ring substituents is 1. The van der Waals surface area contributed by atoms with Gasteiger partial charge in [0.05, 0.1) is 21.5 Å². The molecule has 0 aliphatic rings. The quantitative estimate of drug-likeness (QED) is 0.380. The minimum Gasteiger partial charge on any atom is -0.383 e. The molecule has 1 aromatic carbocycles. The van der Waals surface area contributed by atoms with Gasteiger partial charge in [-0.15, -0.1) is 11.3 Å². The second-order valence-electron chi connectivity index (χ2n) is 5.88. The third-order valence-corrected chi connectivity index (χ3v) is 5.23. The van der Waals surface area contributed by atoms with E-state index in [9.17, 15) is 19.7 Å². The number of anilines is 1. The van der Waals surface area contributed by atoms with Gasteiger partial charge in [0.15, 0.2) is 0 Å². The monoisotopic (exact) mass is 387 g/mol. The highest BCUT2D eigenvalue weighted by Gasteiger charge is 2.18. The van der Waals surface area contributed by atoms with Gasteiger partial charge >= 0.3 is 0 Å². The van der Waals surface area contributed by atoms with E-state index in [0.29, 0.717) is 33.7 Å². The first-order valence-electron chi connectivity index (χ1n) is 8.09. The van der Waals surface area contributed by atoms with Crippen molar-refractivity contribution in [2.45, 2.75) is 6.92 Å². The highest BCUT2D eigenvalue weighted by Crippen LogP contribution is 2.26. The molecule has 2 N–H and O–H groups in total. The summed E-state index contributed by atoms with van der Waals surface area (Å²) in [4.78, 5) is 40.0. The standard InChI is InChI=1S/C17H17N5O4S/c1-10-13-16(20-9-21(2)17(13)24)27-14(10)15(23)19-8-7-18-11-3-5-12(6-4-11)22(25)26/h3-6,9,18H,7-8H2,1-2H3,(H,19,23). The van der Waals surface area contributed by atoms with Crippen LogP contribution < -0.4 is 16.2 Å². The molecular weight excluding hydrogens is 370 g/mol. The van der Waals surface area contributed by atoms with Crippen LogP contribution in [-0.2, 0) is 7.05 Å². The summed E-state index contributed by atoms with van der Waals surface area (Å²) in [6.45, 7) is 2.55. The number of aromatic nitrogens is 2. The lowest BCUT2D eigenvalue weighted by molar-refractivity contribution is -0.384. The number of rotatable bonds is 6. The summed E-state index contributed by atoms with van der Waals surface area (Å²) in [6.07, 6.45) is 1.44. The van der Waals surface area contributed by atoms with Crippen molar-refractivity contribution in [3.63, 3.8) is 0 Å². The SMILES string of the molecule is Cc1c(C(=O)NCCNc2ccc([N+](=O)[O-])cc2)sc2ncn(C)c(=O)c12. The minimum atomic E-state index is -0.459. The highest BCUT2D eigenvalue weighted by atomic mass is 32.1. The van der Waals surface area contributed by atoms with Crippen molar-refractivity contribution in [2.75, 3.05) is 18.4 Å². The number of fused-ring (bicyclic) bond motifs is 1. The van der Waals surface area contributed by atoms with E-state index >= 15 is 0 Å². The largest absolute Gasteiger partial charge is 0.383 e. The van der Waals surface area contributed by atoms with Gasteiger partial charge < -0.3 is 15.2 Å². The van der Waals surface area contributed by atoms with Gasteiger partial charge in [0.25, 0.3) is 17.2 Å². The summed E-state index contributed by atoms with van der Waals surface area (Å²) in [6, 6.07) is 6.04. The molecule has 0 spiro atoms. The molecule has 0 fully saturated rings. The van der Waals surface area contributed by atoms with E-state index in [1.165, 1.54) is 34.4 Å². The molecule has 9 nitrogen and oxygen atoms in total. The molecule has 10 heteroatoms. The zero-order valence-electron chi connectivity index (χ0n) is 14.7. The van der Waals surface area contributed by atoms with Gasteiger partial charge in [-0.3, -0.25) is 19.7 Å². The molecule has 0 unspecified atom stereocenters. The van der Waals surface area contributed by atoms with E-state index in [2.05, 4.69) is 15.6 Å². The predicted octanol–water partition coefficient (Wildman–Crippen LogP) is 2.05. The number of carbonyl (C=O) groups excluding carboxylic acids is 1. The maximum Gasteiger partial charge on any atom is 0.269 e. The van der Waals surface area contributed by atoms with Crippen molar-refractivity contribution < 1.29 is 9.72 Å². The Morgan fingerprint density at radius 1 is 1.30 bits per heavy atom. The zero-order chi connectivity index (χ0) is 19.6. The number of hydrogen-bond acceptors (Lipinski definition) is 7. The third-order valence-electron chi connectivity index (χ3n) is 4.03. The maximum atomic E-state index is 12.4. The van der Waals surface area contributed by atoms with Crippen LogP contribution >= 0.6 is 11.3 Å². The first-order chi connectivity index (χ1) is 12.9. The average Bonchev–Trinajstić information content (AvgIpc) is 2.99. The summed E-state index contributed by atoms with van der Waals surface area (Å²) < 4.78 is 1.39. The summed E-state index contributed by atoms with van der Waals surface area (Å²) in [5, 5.41) is 17.0. The molecule has 1 amide bonds. The van der Waals surface area contributed by atoms with E-state index in [0.717, 1.165) is 5.69 Å². The Balaban J connectivity index is 1.60. The lowest BCUT2D eigenvalue weighted by Gasteiger charge is -2.07. The average molecular weight is 387 g/mol. The number of benzene rings is 1. The number of nitrogens with zero attached hydrogens (tertiary/aromatic N) is 3. The lowest BCUT2D eigenvalue weighted by Crippen LogP contribution is -2.28. The van der Waals surface area contributed by atoms with Crippen LogP contribution in [-0.4, -0.2) is 33.5 Å². The Morgan fingerprint density at radius 2 is 2.00 bits per heavy atom. The first kappa shape index (κ1) is 18.5. The summed E-state index contributed by atoms with van der Waals surface area (Å²) in [5.41, 5.74) is 1.20. The zero-order valence-corrected chi connectivity index (χ0v) is 15.5. The van der Waals surface area contributed by atoms with Crippen LogP contribution in [0, 0.1) is 17.0 Å². The fourth-order valence-corrected chi connectivity index (χ4v) is 3.65. The molecule has 0 atom stereocenters. The fraction of sp³-hybridized carbons (Fsp3) is 0.235. The van der Waals surface area contributed by atoms with Crippen molar-refractivity contribution in [3.8, 4) is 0 Å². The number of non-ortho nitro benzene ring substituents is 1. The summed E-state index contributed by atoms with van der Waals surface area (Å²) >= 11 is 1.19. The fourth-order valence-electron chi connectivity index (χ4n) is 2.59. The van der Waals surface area contributed by atoms with Gasteiger partial charge in [0, 0.05) is 38.0 Å². The van der Waals surface area contributed by atoms with Crippen LogP contribution in [0.25, 0.3) is 10.2 Å². The minimum absolute atomic E-state index is 0.0221. The normalized spacial score (nSPS) is 10.7. The predicted molar refractivity (Wildman–Crippen MR) is 104 cm³/mol. The number of nitrogens with one attached hydrogen (secondary N) is 2. The van der Waals surface area contributed by atoms with Crippen molar-refractivity contribution in [2.24, 2.45) is 7.05 Å². The number of aryl methyl sites for hydroxylation is 2. The van der Waals surface area contributed by atoms with Gasteiger partial charge in [-0.05, 0) is 24.6 Å². The van der Waals surface area contributed by atoms with Gasteiger partial charge in [0.1, 0.15) is 4.83 Å². The Kier molecular flexibility index (Phi) is 5.17. The van der Waals surface area contributed by atoms with E-state index in [1.807, 2.05) is 0 Å². The Labute approximate surface area is 157 Å². The molecule has 0 radical (unpaired) electrons. The number of nitro groups is 1. The van der Waals surface area contributed by atoms with Crippen LogP contribution in [0.4, 0.5) is 11.4 Å². The molecule has 2 heterocycles. The van der Waals surface area contributed by atoms with E-state index in [-0.39, 0.29) is 17.2 Å². The van der Waals surface area contributed by atoms with Crippen molar-refractivity contribution in [1.82, 2.24) is 14.9 Å². The van der Waals surface area contributed by atoms with Crippen molar-refractivity contribution >= 4 is 38.8 Å². The molecule has 0 aliphatic heterocycles. The molecular formula is C17H17N5O4S. The number of hydrogen-bond donors (Lipinski definition) is 2. The maximum absolute atomic E-state index is 12.4. The van der Waals surface area contributed by atoms with E-state index in [4.69, 9.17) is 0 Å². The molecule has 0 aliphatic carbocycles. The number of carbonyl (C=O) groups is 1. The molecule has 2 aromatic heterocycles. The van der Waals surface area contributed by atoms with Gasteiger partial charge in [-0.2, -0.15) is 0 Å². The molecule has 27 heavy (non-hydrogen) atoms. The van der Waals surface area contributed by atoms with Crippen LogP contribution in [0.3, 0.4) is 0 Å². The Bertz CT molecular complexity index is 1070. The van der Waals surface area contributed by atoms with Crippen LogP contribution in [0.1, 0.15) is 15.2 Å². The highest BCUT2D eigenvalue weighted by molar-refractivity contribution is 7.20. The Morgan fingerprint density at radius 3 is 2.67 bits per heavy atom. The van der Waals surface area contributed by atoms with Crippen LogP contribution in [0.5, 0.6) is 0 Å². The second kappa shape index (κ2) is 7.54. The number of thiophene rings is 1. The molecule has 0 bridgehead atoms.